The summed E-state index contributed by atoms with van der Waals surface area (Å²) < 4.78 is 13.5. The van der Waals surface area contributed by atoms with Crippen molar-refractivity contribution >= 4 is 11.6 Å². The van der Waals surface area contributed by atoms with Gasteiger partial charge in [-0.1, -0.05) is 41.9 Å². The third-order valence-electron chi connectivity index (χ3n) is 3.48. The summed E-state index contributed by atoms with van der Waals surface area (Å²) in [5.41, 5.74) is 1.32. The lowest BCUT2D eigenvalue weighted by Gasteiger charge is -2.15. The van der Waals surface area contributed by atoms with Crippen LogP contribution >= 0.6 is 11.6 Å². The Bertz CT molecular complexity index is 571. The first-order valence-corrected chi connectivity index (χ1v) is 6.27. The molecule has 3 rings (SSSR count). The number of aryl methyl sites for hydroxylation is 1. The maximum atomic E-state index is 13.5. The zero-order valence-electron chi connectivity index (χ0n) is 9.95. The molecule has 1 heterocycles. The summed E-state index contributed by atoms with van der Waals surface area (Å²) in [6.07, 6.45) is 1.97. The molecule has 0 spiro atoms. The molecule has 2 aromatic rings. The van der Waals surface area contributed by atoms with Crippen LogP contribution in [-0.4, -0.2) is 9.97 Å². The van der Waals surface area contributed by atoms with E-state index in [0.717, 1.165) is 12.8 Å². The summed E-state index contributed by atoms with van der Waals surface area (Å²) in [6.45, 7) is 1.62. The van der Waals surface area contributed by atoms with Gasteiger partial charge in [0, 0.05) is 0 Å². The Morgan fingerprint density at radius 3 is 2.39 bits per heavy atom. The van der Waals surface area contributed by atoms with Gasteiger partial charge in [-0.05, 0) is 25.3 Å². The minimum Gasteiger partial charge on any atom is -0.234 e. The Labute approximate surface area is 110 Å². The largest absolute Gasteiger partial charge is 0.234 e. The summed E-state index contributed by atoms with van der Waals surface area (Å²) in [7, 11) is 0. The van der Waals surface area contributed by atoms with Gasteiger partial charge in [0.2, 0.25) is 0 Å². The van der Waals surface area contributed by atoms with Crippen LogP contribution in [0.3, 0.4) is 0 Å². The van der Waals surface area contributed by atoms with Gasteiger partial charge in [0.15, 0.2) is 11.0 Å². The second kappa shape index (κ2) is 4.02. The van der Waals surface area contributed by atoms with E-state index < -0.39 is 5.82 Å². The van der Waals surface area contributed by atoms with E-state index in [1.807, 2.05) is 18.2 Å². The lowest BCUT2D eigenvalue weighted by Crippen LogP contribution is -2.15. The minimum atomic E-state index is -0.524. The number of aromatic nitrogens is 2. The van der Waals surface area contributed by atoms with E-state index in [2.05, 4.69) is 22.1 Å². The van der Waals surface area contributed by atoms with Gasteiger partial charge in [0.25, 0.3) is 0 Å². The van der Waals surface area contributed by atoms with Crippen molar-refractivity contribution in [3.8, 4) is 0 Å². The standard InChI is InChI=1S/C14H12ClFN2/c1-9-11(16)12(15)18-13(17-9)14(7-8-14)10-5-3-2-4-6-10/h2-6H,7-8H2,1H3. The Morgan fingerprint density at radius 2 is 1.83 bits per heavy atom. The fourth-order valence-corrected chi connectivity index (χ4v) is 2.48. The van der Waals surface area contributed by atoms with Gasteiger partial charge in [0.05, 0.1) is 11.1 Å². The molecule has 1 saturated carbocycles. The number of nitrogens with zero attached hydrogens (tertiary/aromatic N) is 2. The Hall–Kier alpha value is -1.48. The Kier molecular flexibility index (Phi) is 2.59. The molecule has 0 N–H and O–H groups in total. The van der Waals surface area contributed by atoms with Gasteiger partial charge in [-0.15, -0.1) is 0 Å². The van der Waals surface area contributed by atoms with Crippen molar-refractivity contribution in [3.63, 3.8) is 0 Å². The minimum absolute atomic E-state index is 0.0836. The predicted molar refractivity (Wildman–Crippen MR) is 68.2 cm³/mol. The molecule has 0 amide bonds. The maximum absolute atomic E-state index is 13.5. The normalized spacial score (nSPS) is 16.6. The van der Waals surface area contributed by atoms with E-state index in [0.29, 0.717) is 11.5 Å². The molecule has 1 fully saturated rings. The van der Waals surface area contributed by atoms with Crippen LogP contribution in [0.15, 0.2) is 30.3 Å². The van der Waals surface area contributed by atoms with Gasteiger partial charge in [-0.25, -0.2) is 14.4 Å². The molecule has 0 bridgehead atoms. The van der Waals surface area contributed by atoms with E-state index in [1.54, 1.807) is 6.92 Å². The van der Waals surface area contributed by atoms with Crippen molar-refractivity contribution in [3.05, 3.63) is 58.4 Å². The van der Waals surface area contributed by atoms with Gasteiger partial charge in [0.1, 0.15) is 5.82 Å². The topological polar surface area (TPSA) is 25.8 Å². The molecule has 4 heteroatoms. The van der Waals surface area contributed by atoms with Crippen LogP contribution in [0.2, 0.25) is 5.15 Å². The SMILES string of the molecule is Cc1nc(C2(c3ccccc3)CC2)nc(Cl)c1F. The highest BCUT2D eigenvalue weighted by atomic mass is 35.5. The Morgan fingerprint density at radius 1 is 1.17 bits per heavy atom. The first kappa shape index (κ1) is 11.6. The fourth-order valence-electron chi connectivity index (χ4n) is 2.26. The average molecular weight is 263 g/mol. The molecule has 18 heavy (non-hydrogen) atoms. The van der Waals surface area contributed by atoms with Crippen molar-refractivity contribution in [1.29, 1.82) is 0 Å². The van der Waals surface area contributed by atoms with Gasteiger partial charge in [-0.2, -0.15) is 0 Å². The van der Waals surface area contributed by atoms with Crippen molar-refractivity contribution < 1.29 is 4.39 Å². The van der Waals surface area contributed by atoms with Gasteiger partial charge < -0.3 is 0 Å². The molecule has 92 valence electrons. The molecule has 0 atom stereocenters. The first-order chi connectivity index (χ1) is 8.63. The number of benzene rings is 1. The maximum Gasteiger partial charge on any atom is 0.181 e. The van der Waals surface area contributed by atoms with Gasteiger partial charge >= 0.3 is 0 Å². The predicted octanol–water partition coefficient (Wildman–Crippen LogP) is 3.66. The highest BCUT2D eigenvalue weighted by molar-refractivity contribution is 6.29. The first-order valence-electron chi connectivity index (χ1n) is 5.89. The quantitative estimate of drug-likeness (QED) is 0.772. The van der Waals surface area contributed by atoms with E-state index in [4.69, 9.17) is 11.6 Å². The Balaban J connectivity index is 2.11. The van der Waals surface area contributed by atoms with Crippen molar-refractivity contribution in [2.75, 3.05) is 0 Å². The van der Waals surface area contributed by atoms with E-state index in [1.165, 1.54) is 5.56 Å². The summed E-state index contributed by atoms with van der Waals surface area (Å²) in [5, 5.41) is -0.0836. The van der Waals surface area contributed by atoms with Crippen molar-refractivity contribution in [1.82, 2.24) is 9.97 Å². The zero-order chi connectivity index (χ0) is 12.8. The molecule has 1 aliphatic carbocycles. The molecule has 1 aromatic heterocycles. The van der Waals surface area contributed by atoms with E-state index in [9.17, 15) is 4.39 Å². The molecule has 0 aliphatic heterocycles. The fraction of sp³-hybridized carbons (Fsp3) is 0.286. The summed E-state index contributed by atoms with van der Waals surface area (Å²) in [6, 6.07) is 10.1. The summed E-state index contributed by atoms with van der Waals surface area (Å²) >= 11 is 5.81. The number of halogens is 2. The lowest BCUT2D eigenvalue weighted by atomic mass is 9.95. The molecular formula is C14H12ClFN2. The highest BCUT2D eigenvalue weighted by Crippen LogP contribution is 2.52. The van der Waals surface area contributed by atoms with E-state index in [-0.39, 0.29) is 10.6 Å². The molecule has 0 unspecified atom stereocenters. The van der Waals surface area contributed by atoms with Crippen molar-refractivity contribution in [2.45, 2.75) is 25.2 Å². The van der Waals surface area contributed by atoms with Crippen LogP contribution in [0.25, 0.3) is 0 Å². The summed E-state index contributed by atoms with van der Waals surface area (Å²) in [5.74, 6) is 0.113. The van der Waals surface area contributed by atoms with Crippen LogP contribution in [0, 0.1) is 12.7 Å². The molecular weight excluding hydrogens is 251 g/mol. The van der Waals surface area contributed by atoms with Gasteiger partial charge in [-0.3, -0.25) is 0 Å². The number of rotatable bonds is 2. The second-order valence-corrected chi connectivity index (χ2v) is 5.04. The van der Waals surface area contributed by atoms with Crippen LogP contribution in [0.1, 0.15) is 29.9 Å². The smallest absolute Gasteiger partial charge is 0.181 e. The molecule has 1 aliphatic rings. The van der Waals surface area contributed by atoms with Crippen LogP contribution in [0.4, 0.5) is 4.39 Å². The molecule has 2 nitrogen and oxygen atoms in total. The molecule has 0 saturated heterocycles. The number of hydrogen-bond acceptors (Lipinski definition) is 2. The zero-order valence-corrected chi connectivity index (χ0v) is 10.7. The van der Waals surface area contributed by atoms with Crippen LogP contribution < -0.4 is 0 Å². The highest BCUT2D eigenvalue weighted by Gasteiger charge is 2.48. The molecule has 1 aromatic carbocycles. The van der Waals surface area contributed by atoms with Crippen LogP contribution in [0.5, 0.6) is 0 Å². The van der Waals surface area contributed by atoms with E-state index >= 15 is 0 Å². The van der Waals surface area contributed by atoms with Crippen molar-refractivity contribution in [2.24, 2.45) is 0 Å². The number of hydrogen-bond donors (Lipinski definition) is 0. The molecule has 0 radical (unpaired) electrons. The summed E-state index contributed by atoms with van der Waals surface area (Å²) in [4.78, 5) is 8.40. The third kappa shape index (κ3) is 1.70. The third-order valence-corrected chi connectivity index (χ3v) is 3.73. The monoisotopic (exact) mass is 262 g/mol. The average Bonchev–Trinajstić information content (AvgIpc) is 3.18. The second-order valence-electron chi connectivity index (χ2n) is 4.69. The van der Waals surface area contributed by atoms with Crippen LogP contribution in [-0.2, 0) is 5.41 Å². The lowest BCUT2D eigenvalue weighted by molar-refractivity contribution is 0.589.